The lowest BCUT2D eigenvalue weighted by Gasteiger charge is -2.18. The maximum atomic E-state index is 15.1. The Balaban J connectivity index is 1.74. The van der Waals surface area contributed by atoms with E-state index in [9.17, 15) is 31.1 Å². The summed E-state index contributed by atoms with van der Waals surface area (Å²) in [4.78, 5) is 12.3. The molecule has 1 aromatic carbocycles. The van der Waals surface area contributed by atoms with Crippen LogP contribution in [0.2, 0.25) is 0 Å². The van der Waals surface area contributed by atoms with Crippen LogP contribution in [0.5, 0.6) is 5.88 Å². The van der Waals surface area contributed by atoms with Crippen LogP contribution in [0.25, 0.3) is 16.9 Å². The molecule has 1 atom stereocenters. The van der Waals surface area contributed by atoms with E-state index in [-0.39, 0.29) is 22.7 Å². The van der Waals surface area contributed by atoms with Gasteiger partial charge in [-0.2, -0.15) is 27.1 Å². The molecule has 2 aromatic heterocycles. The number of amides is 1. The van der Waals surface area contributed by atoms with Gasteiger partial charge in [0.2, 0.25) is 6.17 Å². The number of carbonyl (C=O) groups is 1. The van der Waals surface area contributed by atoms with Crippen molar-refractivity contribution in [3.63, 3.8) is 0 Å². The fourth-order valence-corrected chi connectivity index (χ4v) is 3.28. The summed E-state index contributed by atoms with van der Waals surface area (Å²) in [6, 6.07) is 3.94. The molecule has 1 aliphatic carbocycles. The second-order valence-corrected chi connectivity index (χ2v) is 7.99. The standard InChI is InChI=1S/C21H18F7N5O2/c1-10(22)21(27,28)35-18-15(20(24,25)26)19(32(2)31-18)33-9-11(8-29-33)13-4-3-5-14(16(13)23)17(34)30-12-6-7-12/h3-5,8-10,12H,6-7H2,1-2H3,(H,30,34). The average molecular weight is 505 g/mol. The molecule has 4 rings (SSSR count). The van der Waals surface area contributed by atoms with Gasteiger partial charge in [0.15, 0.2) is 11.4 Å². The van der Waals surface area contributed by atoms with E-state index in [4.69, 9.17) is 0 Å². The molecule has 1 amide bonds. The van der Waals surface area contributed by atoms with Crippen LogP contribution in [0.15, 0.2) is 30.6 Å². The van der Waals surface area contributed by atoms with Crippen LogP contribution < -0.4 is 10.1 Å². The van der Waals surface area contributed by atoms with Gasteiger partial charge in [0.05, 0.1) is 11.8 Å². The Kier molecular flexibility index (Phi) is 6.01. The van der Waals surface area contributed by atoms with Crippen LogP contribution in [0.1, 0.15) is 35.7 Å². The van der Waals surface area contributed by atoms with Crippen molar-refractivity contribution in [2.24, 2.45) is 7.05 Å². The summed E-state index contributed by atoms with van der Waals surface area (Å²) >= 11 is 0. The molecule has 0 bridgehead atoms. The van der Waals surface area contributed by atoms with Crippen LogP contribution in [-0.2, 0) is 13.2 Å². The minimum atomic E-state index is -5.24. The lowest BCUT2D eigenvalue weighted by Crippen LogP contribution is -2.35. The predicted molar refractivity (Wildman–Crippen MR) is 107 cm³/mol. The number of halogens is 7. The largest absolute Gasteiger partial charge is 0.430 e. The summed E-state index contributed by atoms with van der Waals surface area (Å²) in [5, 5.41) is 9.76. The van der Waals surface area contributed by atoms with E-state index in [1.165, 1.54) is 18.2 Å². The Morgan fingerprint density at radius 1 is 1.23 bits per heavy atom. The highest BCUT2D eigenvalue weighted by molar-refractivity contribution is 5.96. The number of alkyl halides is 6. The summed E-state index contributed by atoms with van der Waals surface area (Å²) in [7, 11) is 1.01. The topological polar surface area (TPSA) is 74.0 Å². The second kappa shape index (κ2) is 8.57. The lowest BCUT2D eigenvalue weighted by molar-refractivity contribution is -0.220. The van der Waals surface area contributed by atoms with E-state index >= 15 is 4.39 Å². The van der Waals surface area contributed by atoms with E-state index in [1.807, 2.05) is 0 Å². The quantitative estimate of drug-likeness (QED) is 0.475. The number of hydrogen-bond acceptors (Lipinski definition) is 4. The van der Waals surface area contributed by atoms with E-state index in [0.717, 1.165) is 32.3 Å². The van der Waals surface area contributed by atoms with Crippen molar-refractivity contribution >= 4 is 5.91 Å². The molecule has 1 fully saturated rings. The third-order valence-corrected chi connectivity index (χ3v) is 5.23. The zero-order chi connectivity index (χ0) is 25.7. The lowest BCUT2D eigenvalue weighted by atomic mass is 10.0. The Bertz CT molecular complexity index is 1260. The molecule has 35 heavy (non-hydrogen) atoms. The number of nitrogens with zero attached hydrogens (tertiary/aromatic N) is 4. The summed E-state index contributed by atoms with van der Waals surface area (Å²) in [5.74, 6) is -3.92. The highest BCUT2D eigenvalue weighted by atomic mass is 19.4. The Morgan fingerprint density at radius 2 is 1.91 bits per heavy atom. The van der Waals surface area contributed by atoms with Crippen LogP contribution in [0, 0.1) is 5.82 Å². The number of benzene rings is 1. The molecule has 7 nitrogen and oxygen atoms in total. The Labute approximate surface area is 193 Å². The molecular weight excluding hydrogens is 487 g/mol. The molecule has 1 aliphatic rings. The van der Waals surface area contributed by atoms with Gasteiger partial charge in [-0.1, -0.05) is 12.1 Å². The van der Waals surface area contributed by atoms with Crippen molar-refractivity contribution < 1.29 is 40.3 Å². The van der Waals surface area contributed by atoms with Gasteiger partial charge in [-0.3, -0.25) is 4.79 Å². The minimum absolute atomic E-state index is 0.00285. The van der Waals surface area contributed by atoms with Crippen molar-refractivity contribution in [3.05, 3.63) is 47.5 Å². The zero-order valence-corrected chi connectivity index (χ0v) is 18.2. The number of hydrogen-bond donors (Lipinski definition) is 1. The van der Waals surface area contributed by atoms with Gasteiger partial charge >= 0.3 is 12.3 Å². The molecule has 0 saturated heterocycles. The SMILES string of the molecule is CC(F)C(F)(F)Oc1nn(C)c(-n2cc(-c3cccc(C(=O)NC4CC4)c3F)cn2)c1C(F)(F)F. The van der Waals surface area contributed by atoms with E-state index in [2.05, 4.69) is 20.3 Å². The number of carbonyl (C=O) groups excluding carboxylic acids is 1. The Morgan fingerprint density at radius 3 is 2.51 bits per heavy atom. The molecule has 14 heteroatoms. The van der Waals surface area contributed by atoms with Crippen molar-refractivity contribution in [1.29, 1.82) is 0 Å². The van der Waals surface area contributed by atoms with Crippen molar-refractivity contribution in [1.82, 2.24) is 24.9 Å². The molecular formula is C21H18F7N5O2. The van der Waals surface area contributed by atoms with E-state index < -0.39 is 47.4 Å². The van der Waals surface area contributed by atoms with Gasteiger partial charge in [-0.05, 0) is 25.8 Å². The first kappa shape index (κ1) is 24.5. The Hall–Kier alpha value is -3.58. The molecule has 1 N–H and O–H groups in total. The summed E-state index contributed by atoms with van der Waals surface area (Å²) in [5.41, 5.74) is -2.10. The van der Waals surface area contributed by atoms with Gasteiger partial charge in [0, 0.05) is 30.4 Å². The summed E-state index contributed by atoms with van der Waals surface area (Å²) in [6.07, 6.45) is -9.13. The third kappa shape index (κ3) is 4.82. The molecule has 0 radical (unpaired) electrons. The fourth-order valence-electron chi connectivity index (χ4n) is 3.28. The predicted octanol–water partition coefficient (Wildman–Crippen LogP) is 4.65. The van der Waals surface area contributed by atoms with Crippen molar-refractivity contribution in [3.8, 4) is 22.8 Å². The third-order valence-electron chi connectivity index (χ3n) is 5.23. The molecule has 1 saturated carbocycles. The van der Waals surface area contributed by atoms with E-state index in [0.29, 0.717) is 16.3 Å². The molecule has 3 aromatic rings. The minimum Gasteiger partial charge on any atom is -0.410 e. The normalized spacial score (nSPS) is 15.2. The number of rotatable bonds is 7. The molecule has 2 heterocycles. The first-order valence-electron chi connectivity index (χ1n) is 10.3. The number of ether oxygens (including phenoxy) is 1. The second-order valence-electron chi connectivity index (χ2n) is 7.99. The first-order valence-corrected chi connectivity index (χ1v) is 10.3. The van der Waals surface area contributed by atoms with Crippen molar-refractivity contribution in [2.45, 2.75) is 44.3 Å². The van der Waals surface area contributed by atoms with Crippen LogP contribution >= 0.6 is 0 Å². The first-order chi connectivity index (χ1) is 16.3. The summed E-state index contributed by atoms with van der Waals surface area (Å²) in [6.45, 7) is 0.421. The molecule has 1 unspecified atom stereocenters. The van der Waals surface area contributed by atoms with Crippen LogP contribution in [0.4, 0.5) is 30.7 Å². The van der Waals surface area contributed by atoms with Gasteiger partial charge < -0.3 is 10.1 Å². The maximum absolute atomic E-state index is 15.1. The fraction of sp³-hybridized carbons (Fsp3) is 0.381. The van der Waals surface area contributed by atoms with Gasteiger partial charge in [-0.25, -0.2) is 18.1 Å². The number of aryl methyl sites for hydroxylation is 1. The highest BCUT2D eigenvalue weighted by Crippen LogP contribution is 2.42. The molecule has 0 spiro atoms. The maximum Gasteiger partial charge on any atom is 0.430 e. The molecule has 188 valence electrons. The number of nitrogens with one attached hydrogen (secondary N) is 1. The van der Waals surface area contributed by atoms with Gasteiger partial charge in [0.1, 0.15) is 5.82 Å². The van der Waals surface area contributed by atoms with Crippen molar-refractivity contribution in [2.75, 3.05) is 0 Å². The van der Waals surface area contributed by atoms with E-state index in [1.54, 1.807) is 0 Å². The summed E-state index contributed by atoms with van der Waals surface area (Å²) < 4.78 is 102. The van der Waals surface area contributed by atoms with Crippen LogP contribution in [-0.4, -0.2) is 43.8 Å². The monoisotopic (exact) mass is 505 g/mol. The van der Waals surface area contributed by atoms with Gasteiger partial charge in [0.25, 0.3) is 11.8 Å². The smallest absolute Gasteiger partial charge is 0.410 e. The zero-order valence-electron chi connectivity index (χ0n) is 18.2. The average Bonchev–Trinajstić information content (AvgIpc) is 3.31. The highest BCUT2D eigenvalue weighted by Gasteiger charge is 2.47. The van der Waals surface area contributed by atoms with Crippen LogP contribution in [0.3, 0.4) is 0 Å². The number of aromatic nitrogens is 4. The van der Waals surface area contributed by atoms with Gasteiger partial charge in [-0.15, -0.1) is 5.10 Å². The molecule has 0 aliphatic heterocycles.